The summed E-state index contributed by atoms with van der Waals surface area (Å²) in [5.74, 6) is -3.02. The molecule has 0 rings (SSSR count). The second-order valence-electron chi connectivity index (χ2n) is 2.52. The number of hydrogen-bond donors (Lipinski definition) is 4. The van der Waals surface area contributed by atoms with E-state index in [9.17, 15) is 14.2 Å². The maximum absolute atomic E-state index is 10.7. The minimum atomic E-state index is -4.87. The third-order valence-electron chi connectivity index (χ3n) is 1.44. The molecule has 0 aliphatic carbocycles. The van der Waals surface area contributed by atoms with E-state index in [1.54, 1.807) is 0 Å². The minimum absolute atomic E-state index is 0.0949. The van der Waals surface area contributed by atoms with Crippen LogP contribution in [0.1, 0.15) is 6.92 Å². The Hall–Kier alpha value is -0.950. The van der Waals surface area contributed by atoms with Crippen molar-refractivity contribution in [3.05, 3.63) is 0 Å². The molecule has 0 aromatic rings. The Morgan fingerprint density at radius 3 is 2.00 bits per heavy atom. The van der Waals surface area contributed by atoms with Crippen LogP contribution in [0.4, 0.5) is 0 Å². The number of nitrogens with zero attached hydrogens (tertiary/aromatic N) is 1. The second-order valence-corrected chi connectivity index (χ2v) is 4.06. The first-order valence-corrected chi connectivity index (χ1v) is 5.00. The van der Waals surface area contributed by atoms with E-state index in [4.69, 9.17) is 20.0 Å². The maximum Gasteiger partial charge on any atom is 0.404 e. The molecule has 8 nitrogen and oxygen atoms in total. The van der Waals surface area contributed by atoms with Crippen LogP contribution in [0, 0.1) is 0 Å². The molecule has 0 bridgehead atoms. The van der Waals surface area contributed by atoms with Gasteiger partial charge in [0.25, 0.3) is 0 Å². The van der Waals surface area contributed by atoms with Crippen molar-refractivity contribution in [2.45, 2.75) is 13.0 Å². The number of hydrogen-bond acceptors (Lipinski definition) is 3. The van der Waals surface area contributed by atoms with Crippen molar-refractivity contribution in [3.8, 4) is 0 Å². The van der Waals surface area contributed by atoms with Gasteiger partial charge < -0.3 is 20.0 Å². The van der Waals surface area contributed by atoms with Crippen LogP contribution >= 0.6 is 7.75 Å². The monoisotopic (exact) mass is 227 g/mol. The van der Waals surface area contributed by atoms with Gasteiger partial charge in [0.05, 0.1) is 0 Å². The van der Waals surface area contributed by atoms with Crippen molar-refractivity contribution >= 4 is 19.7 Å². The van der Waals surface area contributed by atoms with E-state index < -0.39 is 32.3 Å². The van der Waals surface area contributed by atoms with Crippen LogP contribution in [0.25, 0.3) is 0 Å². The van der Waals surface area contributed by atoms with Crippen molar-refractivity contribution in [1.82, 2.24) is 4.67 Å². The molecule has 0 amide bonds. The van der Waals surface area contributed by atoms with Gasteiger partial charge in [-0.3, -0.25) is 9.59 Å². The molecule has 1 atom stereocenters. The Morgan fingerprint density at radius 2 is 1.79 bits per heavy atom. The lowest BCUT2D eigenvalue weighted by Crippen LogP contribution is -2.39. The highest BCUT2D eigenvalue weighted by Gasteiger charge is 2.35. The predicted octanol–water partition coefficient (Wildman–Crippen LogP) is -1.06. The van der Waals surface area contributed by atoms with Gasteiger partial charge in [0.1, 0.15) is 12.6 Å². The minimum Gasteiger partial charge on any atom is -0.480 e. The van der Waals surface area contributed by atoms with Crippen molar-refractivity contribution in [2.75, 3.05) is 6.54 Å². The molecule has 0 aliphatic heterocycles. The number of rotatable bonds is 5. The highest BCUT2D eigenvalue weighted by Crippen LogP contribution is 2.41. The SMILES string of the molecule is CC(C(=O)O)N(CC(=O)O)P(=O)(O)O. The molecule has 0 aliphatic rings. The summed E-state index contributed by atoms with van der Waals surface area (Å²) in [6.07, 6.45) is 0. The molecular formula is C5H10NO7P. The molecule has 0 saturated heterocycles. The van der Waals surface area contributed by atoms with Gasteiger partial charge in [-0.15, -0.1) is 0 Å². The number of carboxylic acid groups (broad SMARTS) is 2. The molecule has 0 spiro atoms. The normalized spacial score (nSPS) is 14.0. The Bertz CT molecular complexity index is 284. The molecule has 0 fully saturated rings. The van der Waals surface area contributed by atoms with E-state index in [-0.39, 0.29) is 4.67 Å². The summed E-state index contributed by atoms with van der Waals surface area (Å²) in [5.41, 5.74) is 0. The Labute approximate surface area is 79.0 Å². The van der Waals surface area contributed by atoms with Crippen molar-refractivity contribution < 1.29 is 34.2 Å². The molecule has 0 radical (unpaired) electrons. The average molecular weight is 227 g/mol. The number of carbonyl (C=O) groups is 2. The quantitative estimate of drug-likeness (QED) is 0.436. The highest BCUT2D eigenvalue weighted by atomic mass is 31.2. The molecule has 9 heteroatoms. The van der Waals surface area contributed by atoms with Gasteiger partial charge in [0, 0.05) is 0 Å². The number of carboxylic acids is 2. The first-order chi connectivity index (χ1) is 6.16. The van der Waals surface area contributed by atoms with E-state index in [0.29, 0.717) is 0 Å². The van der Waals surface area contributed by atoms with Gasteiger partial charge in [-0.2, -0.15) is 4.67 Å². The third-order valence-corrected chi connectivity index (χ3v) is 2.59. The van der Waals surface area contributed by atoms with E-state index in [2.05, 4.69) is 0 Å². The van der Waals surface area contributed by atoms with Crippen LogP contribution in [0.3, 0.4) is 0 Å². The van der Waals surface area contributed by atoms with Crippen LogP contribution in [0.15, 0.2) is 0 Å². The summed E-state index contributed by atoms with van der Waals surface area (Å²) in [5, 5.41) is 16.8. The van der Waals surface area contributed by atoms with E-state index in [1.165, 1.54) is 0 Å². The molecule has 14 heavy (non-hydrogen) atoms. The van der Waals surface area contributed by atoms with E-state index in [1.807, 2.05) is 0 Å². The fourth-order valence-electron chi connectivity index (χ4n) is 0.721. The van der Waals surface area contributed by atoms with Gasteiger partial charge >= 0.3 is 19.7 Å². The number of aliphatic carboxylic acids is 2. The Kier molecular flexibility index (Phi) is 4.21. The summed E-state index contributed by atoms with van der Waals surface area (Å²) in [6.45, 7) is -0.0396. The second kappa shape index (κ2) is 4.52. The van der Waals surface area contributed by atoms with E-state index >= 15 is 0 Å². The molecule has 0 heterocycles. The average Bonchev–Trinajstić information content (AvgIpc) is 1.96. The van der Waals surface area contributed by atoms with Crippen molar-refractivity contribution in [1.29, 1.82) is 0 Å². The summed E-state index contributed by atoms with van der Waals surface area (Å²) in [4.78, 5) is 37.9. The van der Waals surface area contributed by atoms with Crippen LogP contribution in [0.2, 0.25) is 0 Å². The zero-order chi connectivity index (χ0) is 11.5. The first kappa shape index (κ1) is 13.1. The summed E-state index contributed by atoms with van der Waals surface area (Å²) in [7, 11) is -4.87. The molecular weight excluding hydrogens is 217 g/mol. The van der Waals surface area contributed by atoms with Crippen molar-refractivity contribution in [3.63, 3.8) is 0 Å². The maximum atomic E-state index is 10.7. The third kappa shape index (κ3) is 3.84. The van der Waals surface area contributed by atoms with Crippen LogP contribution < -0.4 is 0 Å². The molecule has 82 valence electrons. The lowest BCUT2D eigenvalue weighted by Gasteiger charge is -2.24. The Morgan fingerprint density at radius 1 is 1.36 bits per heavy atom. The first-order valence-electron chi connectivity index (χ1n) is 3.43. The largest absolute Gasteiger partial charge is 0.480 e. The summed E-state index contributed by atoms with van der Waals surface area (Å²) in [6, 6.07) is -1.56. The van der Waals surface area contributed by atoms with E-state index in [0.717, 1.165) is 6.92 Å². The molecule has 0 aromatic carbocycles. The molecule has 1 unspecified atom stereocenters. The van der Waals surface area contributed by atoms with Crippen molar-refractivity contribution in [2.24, 2.45) is 0 Å². The molecule has 4 N–H and O–H groups in total. The van der Waals surface area contributed by atoms with Gasteiger partial charge in [0.2, 0.25) is 0 Å². The standard InChI is InChI=1S/C5H10NO7P/c1-3(5(9)10)6(2-4(7)8)14(11,12)13/h3H,2H2,1H3,(H,7,8)(H,9,10)(H2,11,12,13). The lowest BCUT2D eigenvalue weighted by molar-refractivity contribution is -0.143. The molecule has 0 saturated carbocycles. The van der Waals surface area contributed by atoms with Gasteiger partial charge in [0.15, 0.2) is 0 Å². The smallest absolute Gasteiger partial charge is 0.404 e. The lowest BCUT2D eigenvalue weighted by atomic mass is 10.3. The fraction of sp³-hybridized carbons (Fsp3) is 0.600. The fourth-order valence-corrected chi connectivity index (χ4v) is 1.58. The van der Waals surface area contributed by atoms with Crippen LogP contribution in [-0.4, -0.2) is 49.2 Å². The summed E-state index contributed by atoms with van der Waals surface area (Å²) < 4.78 is 10.8. The van der Waals surface area contributed by atoms with Gasteiger partial charge in [-0.25, -0.2) is 4.57 Å². The topological polar surface area (TPSA) is 135 Å². The highest BCUT2D eigenvalue weighted by molar-refractivity contribution is 7.49. The van der Waals surface area contributed by atoms with Gasteiger partial charge in [-0.1, -0.05) is 0 Å². The van der Waals surface area contributed by atoms with Crippen LogP contribution in [0.5, 0.6) is 0 Å². The zero-order valence-corrected chi connectivity index (χ0v) is 8.09. The van der Waals surface area contributed by atoms with Crippen LogP contribution in [-0.2, 0) is 14.2 Å². The Balaban J connectivity index is 4.82. The van der Waals surface area contributed by atoms with Gasteiger partial charge in [-0.05, 0) is 6.92 Å². The zero-order valence-electron chi connectivity index (χ0n) is 7.19. The molecule has 0 aromatic heterocycles. The predicted molar refractivity (Wildman–Crippen MR) is 43.5 cm³/mol. The summed E-state index contributed by atoms with van der Waals surface area (Å²) >= 11 is 0.